The van der Waals surface area contributed by atoms with Crippen molar-refractivity contribution in [3.8, 4) is 0 Å². The smallest absolute Gasteiger partial charge is 0.285 e. The first-order valence-corrected chi connectivity index (χ1v) is 11.5. The van der Waals surface area contributed by atoms with E-state index in [-0.39, 0.29) is 16.7 Å². The highest BCUT2D eigenvalue weighted by molar-refractivity contribution is 7.90. The van der Waals surface area contributed by atoms with E-state index in [9.17, 15) is 13.2 Å². The van der Waals surface area contributed by atoms with E-state index >= 15 is 0 Å². The second-order valence-corrected chi connectivity index (χ2v) is 9.50. The number of hydrogen-bond donors (Lipinski definition) is 0. The van der Waals surface area contributed by atoms with Gasteiger partial charge in [-0.05, 0) is 42.5 Å². The molecule has 0 unspecified atom stereocenters. The molecule has 0 atom stereocenters. The summed E-state index contributed by atoms with van der Waals surface area (Å²) in [6, 6.07) is 15.3. The van der Waals surface area contributed by atoms with E-state index in [2.05, 4.69) is 22.6 Å². The van der Waals surface area contributed by atoms with Crippen molar-refractivity contribution in [2.75, 3.05) is 19.6 Å². The molecular weight excluding hydrogens is 386 g/mol. The van der Waals surface area contributed by atoms with Gasteiger partial charge in [0.2, 0.25) is 5.91 Å². The summed E-state index contributed by atoms with van der Waals surface area (Å²) in [5.41, 5.74) is 3.25. The lowest BCUT2D eigenvalue weighted by Gasteiger charge is -2.36. The van der Waals surface area contributed by atoms with Crippen LogP contribution in [0.3, 0.4) is 0 Å². The highest BCUT2D eigenvalue weighted by Crippen LogP contribution is 2.30. The van der Waals surface area contributed by atoms with Crippen molar-refractivity contribution in [2.24, 2.45) is 10.3 Å². The molecule has 0 N–H and O–H groups in total. The summed E-state index contributed by atoms with van der Waals surface area (Å²) in [4.78, 5) is 17.3. The first-order valence-electron chi connectivity index (χ1n) is 10.1. The molecule has 29 heavy (non-hydrogen) atoms. The minimum Gasteiger partial charge on any atom is -0.355 e. The Morgan fingerprint density at radius 2 is 1.62 bits per heavy atom. The lowest BCUT2D eigenvalue weighted by molar-refractivity contribution is -0.137. The third-order valence-electron chi connectivity index (χ3n) is 6.20. The number of likely N-dealkylation sites (tertiary alicyclic amines) is 1. The van der Waals surface area contributed by atoms with E-state index in [0.717, 1.165) is 25.8 Å². The van der Waals surface area contributed by atoms with Crippen LogP contribution in [0.2, 0.25) is 0 Å². The third kappa shape index (κ3) is 3.23. The molecule has 0 saturated carbocycles. The molecule has 3 aliphatic heterocycles. The maximum absolute atomic E-state index is 13.1. The number of sulfonamides is 1. The summed E-state index contributed by atoms with van der Waals surface area (Å²) >= 11 is 0. The largest absolute Gasteiger partial charge is 0.355 e. The fraction of sp³-hybridized carbons (Fsp3) is 0.364. The van der Waals surface area contributed by atoms with Gasteiger partial charge in [-0.3, -0.25) is 4.79 Å². The molecule has 7 heteroatoms. The molecule has 5 rings (SSSR count). The van der Waals surface area contributed by atoms with Crippen molar-refractivity contribution in [2.45, 2.75) is 30.7 Å². The molecule has 0 spiro atoms. The average Bonchev–Trinajstić information content (AvgIpc) is 3.04. The molecule has 1 saturated heterocycles. The first-order chi connectivity index (χ1) is 14.0. The van der Waals surface area contributed by atoms with Gasteiger partial charge in [-0.15, -0.1) is 4.40 Å². The number of fused-ring (bicyclic) bond motifs is 2. The SMILES string of the molecule is O=C(C1CCN(C2=NS(=O)(=O)c3ccccc32)CC1)N1CCc2ccccc2C1. The zero-order valence-electron chi connectivity index (χ0n) is 16.1. The summed E-state index contributed by atoms with van der Waals surface area (Å²) in [6.45, 7) is 2.75. The van der Waals surface area contributed by atoms with Crippen molar-refractivity contribution in [1.82, 2.24) is 9.80 Å². The number of nitrogens with zero attached hydrogens (tertiary/aromatic N) is 3. The molecule has 0 aromatic heterocycles. The van der Waals surface area contributed by atoms with E-state index in [4.69, 9.17) is 0 Å². The Kier molecular flexibility index (Phi) is 4.42. The lowest BCUT2D eigenvalue weighted by Crippen LogP contribution is -2.45. The molecule has 1 fully saturated rings. The van der Waals surface area contributed by atoms with Gasteiger partial charge >= 0.3 is 0 Å². The van der Waals surface area contributed by atoms with Gasteiger partial charge in [0.1, 0.15) is 4.90 Å². The Morgan fingerprint density at radius 1 is 0.931 bits per heavy atom. The van der Waals surface area contributed by atoms with E-state index in [1.54, 1.807) is 18.2 Å². The monoisotopic (exact) mass is 409 g/mol. The van der Waals surface area contributed by atoms with Crippen LogP contribution in [0.15, 0.2) is 57.8 Å². The molecule has 150 valence electrons. The highest BCUT2D eigenvalue weighted by Gasteiger charge is 2.35. The van der Waals surface area contributed by atoms with Crippen molar-refractivity contribution in [3.63, 3.8) is 0 Å². The Balaban J connectivity index is 1.26. The molecule has 0 aliphatic carbocycles. The van der Waals surface area contributed by atoms with Gasteiger partial charge in [-0.1, -0.05) is 36.4 Å². The molecule has 6 nitrogen and oxygen atoms in total. The maximum Gasteiger partial charge on any atom is 0.285 e. The number of hydrogen-bond acceptors (Lipinski definition) is 4. The second-order valence-electron chi connectivity index (χ2n) is 7.93. The summed E-state index contributed by atoms with van der Waals surface area (Å²) in [6.07, 6.45) is 2.35. The molecule has 1 amide bonds. The van der Waals surface area contributed by atoms with Gasteiger partial charge in [-0.2, -0.15) is 8.42 Å². The van der Waals surface area contributed by atoms with Crippen LogP contribution < -0.4 is 0 Å². The minimum atomic E-state index is -3.61. The lowest BCUT2D eigenvalue weighted by atomic mass is 9.92. The van der Waals surface area contributed by atoms with Crippen molar-refractivity contribution in [3.05, 3.63) is 65.2 Å². The Labute approximate surface area is 170 Å². The second kappa shape index (κ2) is 6.99. The highest BCUT2D eigenvalue weighted by atomic mass is 32.2. The standard InChI is InChI=1S/C22H23N3O3S/c26-22(25-14-9-16-5-1-2-6-18(16)15-25)17-10-12-24(13-11-17)21-19-7-3-4-8-20(19)29(27,28)23-21/h1-8,17H,9-15H2. The number of piperidine rings is 1. The normalized spacial score (nSPS) is 20.8. The molecule has 2 aromatic carbocycles. The van der Waals surface area contributed by atoms with Crippen molar-refractivity contribution < 1.29 is 13.2 Å². The van der Waals surface area contributed by atoms with Crippen LogP contribution in [0.25, 0.3) is 0 Å². The molecule has 2 aromatic rings. The molecule has 3 aliphatic rings. The van der Waals surface area contributed by atoms with Gasteiger partial charge in [0, 0.05) is 37.7 Å². The number of carbonyl (C=O) groups excluding carboxylic acids is 1. The predicted molar refractivity (Wildman–Crippen MR) is 110 cm³/mol. The van der Waals surface area contributed by atoms with E-state index in [1.165, 1.54) is 11.1 Å². The van der Waals surface area contributed by atoms with E-state index in [0.29, 0.717) is 31.0 Å². The minimum absolute atomic E-state index is 0.00892. The molecule has 3 heterocycles. The Bertz CT molecular complexity index is 1100. The van der Waals surface area contributed by atoms with Crippen LogP contribution in [0, 0.1) is 5.92 Å². The number of amides is 1. The number of carbonyl (C=O) groups is 1. The number of rotatable bonds is 1. The van der Waals surface area contributed by atoms with E-state index < -0.39 is 10.0 Å². The van der Waals surface area contributed by atoms with Gasteiger partial charge < -0.3 is 9.80 Å². The van der Waals surface area contributed by atoms with Crippen LogP contribution in [-0.4, -0.2) is 49.6 Å². The topological polar surface area (TPSA) is 70.0 Å². The molecule has 0 radical (unpaired) electrons. The molecule has 0 bridgehead atoms. The van der Waals surface area contributed by atoms with Gasteiger partial charge in [0.25, 0.3) is 10.0 Å². The third-order valence-corrected chi connectivity index (χ3v) is 7.52. The van der Waals surface area contributed by atoms with Crippen LogP contribution in [0.5, 0.6) is 0 Å². The van der Waals surface area contributed by atoms with E-state index in [1.807, 2.05) is 21.9 Å². The van der Waals surface area contributed by atoms with Gasteiger partial charge in [-0.25, -0.2) is 0 Å². The summed E-state index contributed by atoms with van der Waals surface area (Å²) in [5.74, 6) is 0.740. The Hall–Kier alpha value is -2.67. The Morgan fingerprint density at radius 3 is 2.41 bits per heavy atom. The van der Waals surface area contributed by atoms with Crippen molar-refractivity contribution >= 4 is 21.8 Å². The fourth-order valence-electron chi connectivity index (χ4n) is 4.60. The predicted octanol–water partition coefficient (Wildman–Crippen LogP) is 2.43. The van der Waals surface area contributed by atoms with Gasteiger partial charge in [0.05, 0.1) is 0 Å². The zero-order valence-corrected chi connectivity index (χ0v) is 16.9. The van der Waals surface area contributed by atoms with Crippen LogP contribution in [0.4, 0.5) is 0 Å². The summed E-state index contributed by atoms with van der Waals surface area (Å²) in [5, 5.41) is 0. The fourth-order valence-corrected chi connectivity index (χ4v) is 5.82. The van der Waals surface area contributed by atoms with Gasteiger partial charge in [0.15, 0.2) is 5.84 Å². The number of benzene rings is 2. The van der Waals surface area contributed by atoms with Crippen LogP contribution >= 0.6 is 0 Å². The van der Waals surface area contributed by atoms with Crippen LogP contribution in [-0.2, 0) is 27.8 Å². The summed E-state index contributed by atoms with van der Waals surface area (Å²) < 4.78 is 28.6. The zero-order chi connectivity index (χ0) is 20.0. The average molecular weight is 410 g/mol. The quantitative estimate of drug-likeness (QED) is 0.725. The van der Waals surface area contributed by atoms with Crippen LogP contribution in [0.1, 0.15) is 29.5 Å². The molecular formula is C22H23N3O3S. The number of amidine groups is 1. The summed E-state index contributed by atoms with van der Waals surface area (Å²) in [7, 11) is -3.61. The maximum atomic E-state index is 13.1. The van der Waals surface area contributed by atoms with Crippen molar-refractivity contribution in [1.29, 1.82) is 0 Å². The first kappa shape index (κ1) is 18.4.